The van der Waals surface area contributed by atoms with Gasteiger partial charge in [-0.15, -0.1) is 0 Å². The maximum absolute atomic E-state index is 2.60. The molecular weight excluding hydrogens is 200 g/mol. The highest BCUT2D eigenvalue weighted by Gasteiger charge is 2.53. The molecule has 0 spiro atoms. The maximum Gasteiger partial charge on any atom is 0.0470 e. The minimum absolute atomic E-state index is 0.538. The van der Waals surface area contributed by atoms with Crippen LogP contribution in [0.15, 0.2) is 0 Å². The average Bonchev–Trinajstić information content (AvgIpc) is 1.81. The third-order valence-corrected chi connectivity index (χ3v) is 29.8. The minimum Gasteiger partial charge on any atom is -0.0709 e. The Morgan fingerprint density at radius 1 is 0.500 bits per heavy atom. The lowest BCUT2D eigenvalue weighted by Gasteiger charge is -2.54. The van der Waals surface area contributed by atoms with E-state index in [4.69, 9.17) is 0 Å². The van der Waals surface area contributed by atoms with Gasteiger partial charge in [-0.05, 0) is 10.1 Å². The van der Waals surface area contributed by atoms with Gasteiger partial charge in [-0.25, -0.2) is 0 Å². The summed E-state index contributed by atoms with van der Waals surface area (Å²) < 4.78 is 0. The summed E-state index contributed by atoms with van der Waals surface area (Å²) in [4.78, 5) is 0. The quantitative estimate of drug-likeness (QED) is 0.551. The van der Waals surface area contributed by atoms with E-state index in [2.05, 4.69) is 67.7 Å². The maximum atomic E-state index is 2.60. The van der Waals surface area contributed by atoms with Gasteiger partial charge in [0.05, 0.1) is 0 Å². The number of rotatable bonds is 1. The van der Waals surface area contributed by atoms with Crippen LogP contribution < -0.4 is 0 Å². The van der Waals surface area contributed by atoms with Crippen LogP contribution in [0.2, 0.25) is 36.3 Å². The van der Waals surface area contributed by atoms with E-state index >= 15 is 0 Å². The fourth-order valence-corrected chi connectivity index (χ4v) is 16.9. The lowest BCUT2D eigenvalue weighted by atomic mass is 10.2. The normalized spacial score (nSPS) is 15.9. The van der Waals surface area contributed by atoms with Crippen molar-refractivity contribution in [2.45, 2.75) is 77.8 Å². The van der Waals surface area contributed by atoms with Crippen molar-refractivity contribution in [3.05, 3.63) is 0 Å². The Morgan fingerprint density at radius 2 is 0.643 bits per heavy atom. The highest BCUT2D eigenvalue weighted by atomic mass is 29.3. The fourth-order valence-electron chi connectivity index (χ4n) is 1.88. The topological polar surface area (TPSA) is 0 Å². The highest BCUT2D eigenvalue weighted by Crippen LogP contribution is 2.50. The summed E-state index contributed by atoms with van der Waals surface area (Å²) in [5, 5.41) is 1.08. The molecule has 0 amide bonds. The largest absolute Gasteiger partial charge is 0.0709 e. The molecule has 0 aliphatic carbocycles. The van der Waals surface area contributed by atoms with E-state index in [1.54, 1.807) is 0 Å². The summed E-state index contributed by atoms with van der Waals surface area (Å²) in [6.45, 7) is 25.1. The van der Waals surface area contributed by atoms with E-state index in [-0.39, 0.29) is 0 Å². The van der Waals surface area contributed by atoms with Crippen molar-refractivity contribution in [2.75, 3.05) is 0 Å². The van der Waals surface area contributed by atoms with Crippen molar-refractivity contribution in [2.24, 2.45) is 0 Å². The van der Waals surface area contributed by atoms with E-state index in [9.17, 15) is 0 Å². The summed E-state index contributed by atoms with van der Waals surface area (Å²) in [6, 6.07) is 0. The first kappa shape index (κ1) is 14.4. The molecular formula is C12H30Si2. The molecule has 0 aromatic heterocycles. The Hall–Kier alpha value is 0.434. The summed E-state index contributed by atoms with van der Waals surface area (Å²) >= 11 is 0. The summed E-state index contributed by atoms with van der Waals surface area (Å²) in [7, 11) is -2.26. The Morgan fingerprint density at radius 3 is 0.714 bits per heavy atom. The van der Waals surface area contributed by atoms with Crippen LogP contribution >= 0.6 is 0 Å². The molecule has 0 aliphatic rings. The van der Waals surface area contributed by atoms with Crippen LogP contribution in [0.25, 0.3) is 0 Å². The molecule has 0 saturated heterocycles. The first-order chi connectivity index (χ1) is 5.75. The van der Waals surface area contributed by atoms with Crippen LogP contribution in [0.5, 0.6) is 0 Å². The molecule has 0 saturated carbocycles. The second-order valence-corrected chi connectivity index (χ2v) is 24.8. The van der Waals surface area contributed by atoms with Gasteiger partial charge in [-0.1, -0.05) is 67.7 Å². The predicted octanol–water partition coefficient (Wildman–Crippen LogP) is 5.08. The third kappa shape index (κ3) is 2.16. The van der Waals surface area contributed by atoms with Crippen molar-refractivity contribution >= 4 is 15.2 Å². The van der Waals surface area contributed by atoms with Gasteiger partial charge in [-0.3, -0.25) is 0 Å². The molecule has 0 radical (unpaired) electrons. The van der Waals surface area contributed by atoms with Gasteiger partial charge < -0.3 is 0 Å². The summed E-state index contributed by atoms with van der Waals surface area (Å²) in [6.07, 6.45) is 0. The SMILES string of the molecule is CC(C)(C)[Si](C)(C)[Si](C)(C)C(C)(C)C. The van der Waals surface area contributed by atoms with Crippen LogP contribution in [-0.2, 0) is 0 Å². The molecule has 0 atom stereocenters. The number of hydrogen-bond donors (Lipinski definition) is 0. The van der Waals surface area contributed by atoms with Gasteiger partial charge in [0.2, 0.25) is 0 Å². The van der Waals surface area contributed by atoms with E-state index in [0.29, 0.717) is 10.1 Å². The second-order valence-electron chi connectivity index (χ2n) is 7.75. The Labute approximate surface area is 93.3 Å². The molecule has 0 fully saturated rings. The zero-order chi connectivity index (χ0) is 12.0. The van der Waals surface area contributed by atoms with Crippen LogP contribution in [0, 0.1) is 0 Å². The van der Waals surface area contributed by atoms with E-state index in [1.807, 2.05) is 0 Å². The van der Waals surface area contributed by atoms with Crippen molar-refractivity contribution in [3.63, 3.8) is 0 Å². The standard InChI is InChI=1S/C12H30Si2/c1-11(2,3)13(7,8)14(9,10)12(4,5)6/h1-10H3. The van der Waals surface area contributed by atoms with Gasteiger partial charge in [0.1, 0.15) is 0 Å². The van der Waals surface area contributed by atoms with E-state index in [0.717, 1.165) is 0 Å². The monoisotopic (exact) mass is 230 g/mol. The molecule has 0 aromatic rings. The lowest BCUT2D eigenvalue weighted by Crippen LogP contribution is -2.64. The average molecular weight is 231 g/mol. The van der Waals surface area contributed by atoms with E-state index in [1.165, 1.54) is 0 Å². The highest BCUT2D eigenvalue weighted by molar-refractivity contribution is 7.42. The molecule has 0 nitrogen and oxygen atoms in total. The molecule has 0 rings (SSSR count). The fraction of sp³-hybridized carbons (Fsp3) is 1.00. The Bertz CT molecular complexity index is 177. The van der Waals surface area contributed by atoms with Gasteiger partial charge in [0.25, 0.3) is 0 Å². The zero-order valence-corrected chi connectivity index (χ0v) is 14.0. The van der Waals surface area contributed by atoms with Gasteiger partial charge >= 0.3 is 0 Å². The van der Waals surface area contributed by atoms with Crippen LogP contribution in [-0.4, -0.2) is 15.2 Å². The number of hydrogen-bond acceptors (Lipinski definition) is 0. The lowest BCUT2D eigenvalue weighted by molar-refractivity contribution is 0.702. The Kier molecular flexibility index (Phi) is 3.59. The second kappa shape index (κ2) is 3.48. The van der Waals surface area contributed by atoms with Crippen molar-refractivity contribution in [3.8, 4) is 0 Å². The summed E-state index contributed by atoms with van der Waals surface area (Å²) in [5.41, 5.74) is 0. The molecule has 0 aromatic carbocycles. The van der Waals surface area contributed by atoms with Crippen molar-refractivity contribution in [1.82, 2.24) is 0 Å². The molecule has 14 heavy (non-hydrogen) atoms. The van der Waals surface area contributed by atoms with Gasteiger partial charge in [0.15, 0.2) is 0 Å². The first-order valence-corrected chi connectivity index (χ1v) is 12.8. The molecule has 0 bridgehead atoms. The van der Waals surface area contributed by atoms with Crippen LogP contribution in [0.3, 0.4) is 0 Å². The molecule has 2 heteroatoms. The smallest absolute Gasteiger partial charge is 0.0470 e. The van der Waals surface area contributed by atoms with Gasteiger partial charge in [-0.2, -0.15) is 0 Å². The van der Waals surface area contributed by atoms with E-state index < -0.39 is 15.2 Å². The van der Waals surface area contributed by atoms with Crippen molar-refractivity contribution in [1.29, 1.82) is 0 Å². The minimum atomic E-state index is -1.13. The molecule has 0 aliphatic heterocycles. The zero-order valence-electron chi connectivity index (χ0n) is 12.0. The van der Waals surface area contributed by atoms with Gasteiger partial charge in [0, 0.05) is 15.2 Å². The first-order valence-electron chi connectivity index (χ1n) is 5.75. The molecule has 0 unspecified atom stereocenters. The van der Waals surface area contributed by atoms with Crippen LogP contribution in [0.4, 0.5) is 0 Å². The predicted molar refractivity (Wildman–Crippen MR) is 74.4 cm³/mol. The molecule has 0 heterocycles. The van der Waals surface area contributed by atoms with Crippen molar-refractivity contribution < 1.29 is 0 Å². The molecule has 0 N–H and O–H groups in total. The van der Waals surface area contributed by atoms with Crippen LogP contribution in [0.1, 0.15) is 41.5 Å². The summed E-state index contributed by atoms with van der Waals surface area (Å²) in [5.74, 6) is 0. The Balaban J connectivity index is 5.30. The third-order valence-electron chi connectivity index (χ3n) is 5.31. The molecule has 86 valence electrons.